The van der Waals surface area contributed by atoms with Crippen LogP contribution in [-0.2, 0) is 4.79 Å². The molecular formula is C9H10ClN3O4. The standard InChI is InChI=1S/C9H10ClN3O4/c10-7-4-11-3-6(12-7)8(15)13-5(1-2-14)9(16)17/h3-5,14H,1-2H2,(H,13,15)(H,16,17)/t5-/m1/s1. The Kier molecular flexibility index (Phi) is 4.80. The van der Waals surface area contributed by atoms with Crippen LogP contribution < -0.4 is 5.32 Å². The predicted molar refractivity (Wildman–Crippen MR) is 57.6 cm³/mol. The van der Waals surface area contributed by atoms with E-state index in [1.54, 1.807) is 0 Å². The number of aromatic nitrogens is 2. The minimum absolute atomic E-state index is 0.0340. The van der Waals surface area contributed by atoms with E-state index in [1.165, 1.54) is 12.4 Å². The zero-order chi connectivity index (χ0) is 12.8. The molecule has 3 N–H and O–H groups in total. The molecule has 0 aliphatic heterocycles. The van der Waals surface area contributed by atoms with Crippen LogP contribution in [0, 0.1) is 0 Å². The van der Waals surface area contributed by atoms with Crippen LogP contribution in [0.2, 0.25) is 5.15 Å². The molecule has 0 aliphatic carbocycles. The average molecular weight is 260 g/mol. The second-order valence-corrected chi connectivity index (χ2v) is 3.49. The van der Waals surface area contributed by atoms with E-state index in [0.717, 1.165) is 0 Å². The van der Waals surface area contributed by atoms with Gasteiger partial charge in [0, 0.05) is 13.0 Å². The quantitative estimate of drug-likeness (QED) is 0.669. The van der Waals surface area contributed by atoms with Gasteiger partial charge in [-0.25, -0.2) is 9.78 Å². The molecule has 1 heterocycles. The van der Waals surface area contributed by atoms with Crippen LogP contribution in [0.15, 0.2) is 12.4 Å². The number of carboxylic acid groups (broad SMARTS) is 1. The Bertz CT molecular complexity index is 426. The second kappa shape index (κ2) is 6.12. The summed E-state index contributed by atoms with van der Waals surface area (Å²) in [5.41, 5.74) is -0.0818. The monoisotopic (exact) mass is 259 g/mol. The Morgan fingerprint density at radius 2 is 2.18 bits per heavy atom. The molecule has 0 saturated heterocycles. The van der Waals surface area contributed by atoms with Gasteiger partial charge in [-0.3, -0.25) is 9.78 Å². The summed E-state index contributed by atoms with van der Waals surface area (Å²) in [4.78, 5) is 29.6. The highest BCUT2D eigenvalue weighted by Gasteiger charge is 2.20. The molecule has 0 fully saturated rings. The molecule has 0 unspecified atom stereocenters. The molecule has 1 atom stereocenters. The lowest BCUT2D eigenvalue weighted by atomic mass is 10.2. The lowest BCUT2D eigenvalue weighted by Gasteiger charge is -2.12. The summed E-state index contributed by atoms with van der Waals surface area (Å²) in [6, 6.07) is -1.17. The number of carbonyl (C=O) groups is 2. The molecule has 17 heavy (non-hydrogen) atoms. The van der Waals surface area contributed by atoms with Crippen molar-refractivity contribution < 1.29 is 19.8 Å². The normalized spacial score (nSPS) is 11.9. The van der Waals surface area contributed by atoms with E-state index in [4.69, 9.17) is 21.8 Å². The Labute approximate surface area is 101 Å². The van der Waals surface area contributed by atoms with Gasteiger partial charge >= 0.3 is 5.97 Å². The number of hydrogen-bond donors (Lipinski definition) is 3. The van der Waals surface area contributed by atoms with Gasteiger partial charge in [0.2, 0.25) is 0 Å². The third kappa shape index (κ3) is 3.97. The van der Waals surface area contributed by atoms with Gasteiger partial charge in [-0.1, -0.05) is 11.6 Å². The highest BCUT2D eigenvalue weighted by Crippen LogP contribution is 2.03. The van der Waals surface area contributed by atoms with Gasteiger partial charge in [-0.05, 0) is 0 Å². The molecule has 1 aromatic rings. The Balaban J connectivity index is 2.73. The maximum absolute atomic E-state index is 11.6. The number of rotatable bonds is 5. The van der Waals surface area contributed by atoms with Crippen LogP contribution in [0.3, 0.4) is 0 Å². The Morgan fingerprint density at radius 1 is 1.47 bits per heavy atom. The number of hydrogen-bond acceptors (Lipinski definition) is 5. The summed E-state index contributed by atoms with van der Waals surface area (Å²) in [7, 11) is 0. The topological polar surface area (TPSA) is 112 Å². The Hall–Kier alpha value is -1.73. The highest BCUT2D eigenvalue weighted by atomic mass is 35.5. The molecule has 1 rings (SSSR count). The maximum Gasteiger partial charge on any atom is 0.326 e. The van der Waals surface area contributed by atoms with E-state index in [9.17, 15) is 9.59 Å². The molecule has 0 aromatic carbocycles. The first-order valence-electron chi connectivity index (χ1n) is 4.66. The summed E-state index contributed by atoms with van der Waals surface area (Å²) >= 11 is 5.54. The zero-order valence-corrected chi connectivity index (χ0v) is 9.39. The molecule has 1 aromatic heterocycles. The fraction of sp³-hybridized carbons (Fsp3) is 0.333. The van der Waals surface area contributed by atoms with E-state index in [1.807, 2.05) is 0 Å². The second-order valence-electron chi connectivity index (χ2n) is 3.10. The summed E-state index contributed by atoms with van der Waals surface area (Å²) in [6.45, 7) is -0.349. The predicted octanol–water partition coefficient (Wildman–Crippen LogP) is -0.305. The van der Waals surface area contributed by atoms with Crippen molar-refractivity contribution in [3.05, 3.63) is 23.2 Å². The number of halogens is 1. The zero-order valence-electron chi connectivity index (χ0n) is 8.63. The van der Waals surface area contributed by atoms with Crippen molar-refractivity contribution in [2.75, 3.05) is 6.61 Å². The Morgan fingerprint density at radius 3 is 2.71 bits per heavy atom. The lowest BCUT2D eigenvalue weighted by Crippen LogP contribution is -2.41. The van der Waals surface area contributed by atoms with Crippen molar-refractivity contribution in [3.8, 4) is 0 Å². The van der Waals surface area contributed by atoms with Crippen molar-refractivity contribution in [3.63, 3.8) is 0 Å². The summed E-state index contributed by atoms with van der Waals surface area (Å²) in [5, 5.41) is 19.7. The number of aliphatic hydroxyl groups is 1. The van der Waals surface area contributed by atoms with Crippen molar-refractivity contribution >= 4 is 23.5 Å². The van der Waals surface area contributed by atoms with Gasteiger partial charge < -0.3 is 15.5 Å². The maximum atomic E-state index is 11.6. The summed E-state index contributed by atoms with van der Waals surface area (Å²) < 4.78 is 0. The number of carboxylic acids is 1. The van der Waals surface area contributed by atoms with Crippen LogP contribution in [0.5, 0.6) is 0 Å². The minimum atomic E-state index is -1.23. The van der Waals surface area contributed by atoms with Crippen molar-refractivity contribution in [2.24, 2.45) is 0 Å². The number of nitrogens with zero attached hydrogens (tertiary/aromatic N) is 2. The summed E-state index contributed by atoms with van der Waals surface area (Å²) in [6.07, 6.45) is 2.33. The third-order valence-electron chi connectivity index (χ3n) is 1.86. The molecule has 0 spiro atoms. The first-order chi connectivity index (χ1) is 8.04. The number of aliphatic carboxylic acids is 1. The fourth-order valence-electron chi connectivity index (χ4n) is 1.07. The van der Waals surface area contributed by atoms with Gasteiger partial charge in [-0.2, -0.15) is 0 Å². The fourth-order valence-corrected chi connectivity index (χ4v) is 1.22. The van der Waals surface area contributed by atoms with Gasteiger partial charge in [-0.15, -0.1) is 0 Å². The first-order valence-corrected chi connectivity index (χ1v) is 5.04. The first kappa shape index (κ1) is 13.3. The molecule has 0 saturated carbocycles. The van der Waals surface area contributed by atoms with Crippen molar-refractivity contribution in [1.82, 2.24) is 15.3 Å². The molecule has 92 valence electrons. The van der Waals surface area contributed by atoms with Crippen LogP contribution in [0.25, 0.3) is 0 Å². The van der Waals surface area contributed by atoms with Crippen LogP contribution in [0.4, 0.5) is 0 Å². The largest absolute Gasteiger partial charge is 0.480 e. The van der Waals surface area contributed by atoms with Crippen molar-refractivity contribution in [1.29, 1.82) is 0 Å². The molecule has 8 heteroatoms. The van der Waals surface area contributed by atoms with Gasteiger partial charge in [0.1, 0.15) is 16.9 Å². The summed E-state index contributed by atoms with van der Waals surface area (Å²) in [5.74, 6) is -1.94. The molecule has 0 radical (unpaired) electrons. The molecule has 0 bridgehead atoms. The minimum Gasteiger partial charge on any atom is -0.480 e. The van der Waals surface area contributed by atoms with Crippen LogP contribution >= 0.6 is 11.6 Å². The molecule has 1 amide bonds. The van der Waals surface area contributed by atoms with Crippen molar-refractivity contribution in [2.45, 2.75) is 12.5 Å². The van der Waals surface area contributed by atoms with Gasteiger partial charge in [0.05, 0.1) is 12.4 Å². The van der Waals surface area contributed by atoms with E-state index < -0.39 is 17.9 Å². The van der Waals surface area contributed by atoms with Crippen LogP contribution in [0.1, 0.15) is 16.9 Å². The van der Waals surface area contributed by atoms with E-state index in [0.29, 0.717) is 0 Å². The van der Waals surface area contributed by atoms with E-state index in [2.05, 4.69) is 15.3 Å². The number of carbonyl (C=O) groups excluding carboxylic acids is 1. The van der Waals surface area contributed by atoms with E-state index in [-0.39, 0.29) is 23.9 Å². The van der Waals surface area contributed by atoms with Gasteiger partial charge in [0.25, 0.3) is 5.91 Å². The number of nitrogens with one attached hydrogen (secondary N) is 1. The third-order valence-corrected chi connectivity index (χ3v) is 2.04. The average Bonchev–Trinajstić information content (AvgIpc) is 2.28. The lowest BCUT2D eigenvalue weighted by molar-refractivity contribution is -0.139. The molecule has 0 aliphatic rings. The number of amides is 1. The van der Waals surface area contributed by atoms with E-state index >= 15 is 0 Å². The molecule has 7 nitrogen and oxygen atoms in total. The highest BCUT2D eigenvalue weighted by molar-refractivity contribution is 6.29. The molecular weight excluding hydrogens is 250 g/mol. The SMILES string of the molecule is O=C(N[C@H](CCO)C(=O)O)c1cncc(Cl)n1. The smallest absolute Gasteiger partial charge is 0.326 e. The number of aliphatic hydroxyl groups excluding tert-OH is 1. The van der Waals surface area contributed by atoms with Gasteiger partial charge in [0.15, 0.2) is 0 Å². The van der Waals surface area contributed by atoms with Crippen LogP contribution in [-0.4, -0.2) is 44.7 Å².